The molecule has 1 atom stereocenters. The van der Waals surface area contributed by atoms with Crippen molar-refractivity contribution in [2.75, 3.05) is 7.11 Å². The Kier molecular flexibility index (Phi) is 7.61. The lowest BCUT2D eigenvalue weighted by Crippen LogP contribution is -2.37. The number of amides is 1. The van der Waals surface area contributed by atoms with Crippen molar-refractivity contribution in [3.63, 3.8) is 0 Å². The highest BCUT2D eigenvalue weighted by molar-refractivity contribution is 9.10. The molecule has 5 rings (SSSR count). The summed E-state index contributed by atoms with van der Waals surface area (Å²) >= 11 is 3.49. The number of benzene rings is 4. The normalized spacial score (nSPS) is 11.8. The highest BCUT2D eigenvalue weighted by Crippen LogP contribution is 2.30. The highest BCUT2D eigenvalue weighted by atomic mass is 79.9. The van der Waals surface area contributed by atoms with E-state index in [-0.39, 0.29) is 11.5 Å². The average molecular weight is 582 g/mol. The fourth-order valence-corrected chi connectivity index (χ4v) is 5.13. The van der Waals surface area contributed by atoms with Crippen molar-refractivity contribution in [1.82, 2.24) is 14.5 Å². The van der Waals surface area contributed by atoms with Crippen LogP contribution < -0.4 is 10.3 Å². The van der Waals surface area contributed by atoms with Crippen molar-refractivity contribution in [3.8, 4) is 11.4 Å². The number of aromatic nitrogens is 2. The monoisotopic (exact) mass is 581 g/mol. The molecule has 1 unspecified atom stereocenters. The molecule has 0 aliphatic carbocycles. The van der Waals surface area contributed by atoms with E-state index in [0.717, 1.165) is 15.6 Å². The lowest BCUT2D eigenvalue weighted by Gasteiger charge is -2.31. The number of fused-ring (bicyclic) bond motifs is 1. The van der Waals surface area contributed by atoms with Gasteiger partial charge < -0.3 is 9.64 Å². The molecule has 5 aromatic rings. The fraction of sp³-hybridized carbons (Fsp3) is 0.156. The first-order valence-corrected chi connectivity index (χ1v) is 13.4. The molecule has 1 amide bonds. The van der Waals surface area contributed by atoms with Crippen LogP contribution in [0.3, 0.4) is 0 Å². The average Bonchev–Trinajstić information content (AvgIpc) is 2.95. The SMILES string of the molecule is COc1ccc(C)cc1-n1c(C(C)N(Cc2ccccc2)C(=O)c2cccc(Br)c2)nc2ccccc2c1=O. The molecule has 196 valence electrons. The quantitative estimate of drug-likeness (QED) is 0.210. The zero-order chi connectivity index (χ0) is 27.5. The summed E-state index contributed by atoms with van der Waals surface area (Å²) in [7, 11) is 1.58. The van der Waals surface area contributed by atoms with Gasteiger partial charge in [0.2, 0.25) is 0 Å². The van der Waals surface area contributed by atoms with Gasteiger partial charge in [0.15, 0.2) is 0 Å². The summed E-state index contributed by atoms with van der Waals surface area (Å²) < 4.78 is 8.07. The summed E-state index contributed by atoms with van der Waals surface area (Å²) in [6, 6.07) is 29.5. The van der Waals surface area contributed by atoms with E-state index in [4.69, 9.17) is 9.72 Å². The predicted octanol–water partition coefficient (Wildman–Crippen LogP) is 6.87. The zero-order valence-corrected chi connectivity index (χ0v) is 23.6. The van der Waals surface area contributed by atoms with Gasteiger partial charge in [-0.1, -0.05) is 70.5 Å². The van der Waals surface area contributed by atoms with Crippen LogP contribution in [0.4, 0.5) is 0 Å². The third-order valence-electron chi connectivity index (χ3n) is 6.75. The number of nitrogens with zero attached hydrogens (tertiary/aromatic N) is 3. The second-order valence-corrected chi connectivity index (χ2v) is 10.3. The maximum atomic E-state index is 14.1. The Hall–Kier alpha value is -4.23. The Bertz CT molecular complexity index is 1720. The van der Waals surface area contributed by atoms with Crippen molar-refractivity contribution in [3.05, 3.63) is 134 Å². The molecule has 6 nitrogen and oxygen atoms in total. The van der Waals surface area contributed by atoms with Gasteiger partial charge >= 0.3 is 0 Å². The van der Waals surface area contributed by atoms with Gasteiger partial charge in [-0.3, -0.25) is 14.2 Å². The molecule has 7 heteroatoms. The Labute approximate surface area is 235 Å². The van der Waals surface area contributed by atoms with Crippen LogP contribution in [0.2, 0.25) is 0 Å². The lowest BCUT2D eigenvalue weighted by atomic mass is 10.1. The minimum absolute atomic E-state index is 0.169. The number of halogens is 1. The molecule has 1 heterocycles. The van der Waals surface area contributed by atoms with Crippen LogP contribution in [0.25, 0.3) is 16.6 Å². The lowest BCUT2D eigenvalue weighted by molar-refractivity contribution is 0.0664. The van der Waals surface area contributed by atoms with E-state index >= 15 is 0 Å². The van der Waals surface area contributed by atoms with E-state index in [0.29, 0.717) is 40.3 Å². The van der Waals surface area contributed by atoms with E-state index in [1.54, 1.807) is 34.8 Å². The number of methoxy groups -OCH3 is 1. The Morgan fingerprint density at radius 2 is 1.72 bits per heavy atom. The van der Waals surface area contributed by atoms with Crippen LogP contribution in [-0.4, -0.2) is 27.5 Å². The van der Waals surface area contributed by atoms with E-state index in [1.165, 1.54) is 0 Å². The largest absolute Gasteiger partial charge is 0.495 e. The van der Waals surface area contributed by atoms with E-state index in [1.807, 2.05) is 92.7 Å². The fourth-order valence-electron chi connectivity index (χ4n) is 4.73. The van der Waals surface area contributed by atoms with Crippen molar-refractivity contribution < 1.29 is 9.53 Å². The van der Waals surface area contributed by atoms with Crippen LogP contribution in [0.5, 0.6) is 5.75 Å². The van der Waals surface area contributed by atoms with Crippen molar-refractivity contribution >= 4 is 32.7 Å². The summed E-state index contributed by atoms with van der Waals surface area (Å²) in [6.07, 6.45) is 0. The van der Waals surface area contributed by atoms with Gasteiger partial charge in [0, 0.05) is 16.6 Å². The predicted molar refractivity (Wildman–Crippen MR) is 158 cm³/mol. The maximum absolute atomic E-state index is 14.1. The molecule has 0 radical (unpaired) electrons. The number of carbonyl (C=O) groups is 1. The third kappa shape index (κ3) is 5.36. The molecule has 0 spiro atoms. The number of hydrogen-bond donors (Lipinski definition) is 0. The van der Waals surface area contributed by atoms with Crippen LogP contribution >= 0.6 is 15.9 Å². The van der Waals surface area contributed by atoms with Gasteiger partial charge in [-0.2, -0.15) is 0 Å². The second kappa shape index (κ2) is 11.3. The number of hydrogen-bond acceptors (Lipinski definition) is 4. The molecular formula is C32H28BrN3O3. The molecule has 0 fully saturated rings. The first-order valence-electron chi connectivity index (χ1n) is 12.6. The molecule has 0 bridgehead atoms. The molecule has 4 aromatic carbocycles. The first-order chi connectivity index (χ1) is 18.9. The Balaban J connectivity index is 1.75. The van der Waals surface area contributed by atoms with Crippen LogP contribution in [0.15, 0.2) is 106 Å². The van der Waals surface area contributed by atoms with E-state index < -0.39 is 6.04 Å². The van der Waals surface area contributed by atoms with Crippen LogP contribution in [0.1, 0.15) is 40.3 Å². The van der Waals surface area contributed by atoms with Crippen LogP contribution in [-0.2, 0) is 6.54 Å². The molecule has 0 aliphatic rings. The molecule has 0 saturated carbocycles. The molecule has 0 aliphatic heterocycles. The number of ether oxygens (including phenoxy) is 1. The summed E-state index contributed by atoms with van der Waals surface area (Å²) in [5.74, 6) is 0.820. The number of rotatable bonds is 7. The molecule has 0 saturated heterocycles. The number of aryl methyl sites for hydroxylation is 1. The first kappa shape index (κ1) is 26.4. The molecule has 39 heavy (non-hydrogen) atoms. The maximum Gasteiger partial charge on any atom is 0.266 e. The van der Waals surface area contributed by atoms with Crippen molar-refractivity contribution in [1.29, 1.82) is 0 Å². The molecule has 0 N–H and O–H groups in total. The van der Waals surface area contributed by atoms with E-state index in [9.17, 15) is 9.59 Å². The third-order valence-corrected chi connectivity index (χ3v) is 7.24. The van der Waals surface area contributed by atoms with Gasteiger partial charge in [-0.15, -0.1) is 0 Å². The van der Waals surface area contributed by atoms with Gasteiger partial charge in [0.25, 0.3) is 11.5 Å². The Morgan fingerprint density at radius 1 is 0.974 bits per heavy atom. The van der Waals surface area contributed by atoms with E-state index in [2.05, 4.69) is 15.9 Å². The smallest absolute Gasteiger partial charge is 0.266 e. The summed E-state index contributed by atoms with van der Waals surface area (Å²) in [5.41, 5.74) is 3.40. The van der Waals surface area contributed by atoms with Gasteiger partial charge in [0.05, 0.1) is 29.7 Å². The summed E-state index contributed by atoms with van der Waals surface area (Å²) in [5, 5.41) is 0.491. The second-order valence-electron chi connectivity index (χ2n) is 9.41. The molecular weight excluding hydrogens is 554 g/mol. The number of carbonyl (C=O) groups excluding carboxylic acids is 1. The van der Waals surface area contributed by atoms with Gasteiger partial charge in [0.1, 0.15) is 11.6 Å². The van der Waals surface area contributed by atoms with Crippen molar-refractivity contribution in [2.24, 2.45) is 0 Å². The Morgan fingerprint density at radius 3 is 2.46 bits per heavy atom. The summed E-state index contributed by atoms with van der Waals surface area (Å²) in [4.78, 5) is 34.8. The number of para-hydroxylation sites is 1. The standard InChI is InChI=1S/C32H28BrN3O3/c1-21-16-17-29(39-3)28(18-21)36-30(34-27-15-8-7-14-26(27)32(36)38)22(2)35(20-23-10-5-4-6-11-23)31(37)24-12-9-13-25(33)19-24/h4-19,22H,20H2,1-3H3. The molecule has 1 aromatic heterocycles. The minimum Gasteiger partial charge on any atom is -0.495 e. The zero-order valence-electron chi connectivity index (χ0n) is 22.0. The van der Waals surface area contributed by atoms with Crippen LogP contribution in [0, 0.1) is 6.92 Å². The van der Waals surface area contributed by atoms with Crippen molar-refractivity contribution in [2.45, 2.75) is 26.4 Å². The minimum atomic E-state index is -0.570. The summed E-state index contributed by atoms with van der Waals surface area (Å²) in [6.45, 7) is 4.21. The van der Waals surface area contributed by atoms with Gasteiger partial charge in [-0.25, -0.2) is 4.98 Å². The highest BCUT2D eigenvalue weighted by Gasteiger charge is 2.29. The van der Waals surface area contributed by atoms with Gasteiger partial charge in [-0.05, 0) is 67.4 Å². The topological polar surface area (TPSA) is 64.4 Å².